The van der Waals surface area contributed by atoms with Gasteiger partial charge in [-0.3, -0.25) is 0 Å². The lowest BCUT2D eigenvalue weighted by Gasteiger charge is -2.07. The summed E-state index contributed by atoms with van der Waals surface area (Å²) in [5.41, 5.74) is 8.38. The third kappa shape index (κ3) is 20.1. The molecule has 0 bridgehead atoms. The summed E-state index contributed by atoms with van der Waals surface area (Å²) in [6.07, 6.45) is 22.7. The maximum absolute atomic E-state index is 10.3. The maximum atomic E-state index is 10.3. The van der Waals surface area contributed by atoms with Gasteiger partial charge in [0.05, 0.1) is 6.10 Å². The van der Waals surface area contributed by atoms with Crippen molar-refractivity contribution in [3.8, 4) is 0 Å². The van der Waals surface area contributed by atoms with Crippen LogP contribution in [-0.2, 0) is 0 Å². The van der Waals surface area contributed by atoms with Crippen LogP contribution in [0.2, 0.25) is 0 Å². The molecule has 0 aromatic carbocycles. The molecule has 1 heteroatoms. The summed E-state index contributed by atoms with van der Waals surface area (Å²) in [4.78, 5) is 0. The van der Waals surface area contributed by atoms with Crippen LogP contribution in [0.3, 0.4) is 0 Å². The highest BCUT2D eigenvalue weighted by molar-refractivity contribution is 5.10. The van der Waals surface area contributed by atoms with E-state index in [4.69, 9.17) is 0 Å². The van der Waals surface area contributed by atoms with E-state index >= 15 is 0 Å². The highest BCUT2D eigenvalue weighted by atomic mass is 16.3. The fourth-order valence-corrected chi connectivity index (χ4v) is 3.38. The number of rotatable bonds is 15. The molecule has 1 nitrogen and oxygen atoms in total. The van der Waals surface area contributed by atoms with E-state index in [2.05, 4.69) is 85.8 Å². The van der Waals surface area contributed by atoms with Crippen LogP contribution in [0.5, 0.6) is 0 Å². The molecule has 0 amide bonds. The van der Waals surface area contributed by atoms with E-state index in [0.717, 1.165) is 51.4 Å². The van der Waals surface area contributed by atoms with E-state index in [1.807, 2.05) is 6.08 Å². The van der Waals surface area contributed by atoms with Gasteiger partial charge in [-0.05, 0) is 113 Å². The second kappa shape index (κ2) is 18.0. The fraction of sp³-hybridized carbons (Fsp3) is 0.600. The minimum Gasteiger partial charge on any atom is -0.389 e. The lowest BCUT2D eigenvalue weighted by atomic mass is 10.0. The van der Waals surface area contributed by atoms with Gasteiger partial charge in [-0.2, -0.15) is 0 Å². The second-order valence-corrected chi connectivity index (χ2v) is 9.69. The van der Waals surface area contributed by atoms with Gasteiger partial charge >= 0.3 is 0 Å². The Kier molecular flexibility index (Phi) is 17.1. The summed E-state index contributed by atoms with van der Waals surface area (Å²) in [7, 11) is 0. The Morgan fingerprint density at radius 3 is 1.29 bits per heavy atom. The summed E-state index contributed by atoms with van der Waals surface area (Å²) in [6, 6.07) is 0. The Bertz CT molecular complexity index is 671. The van der Waals surface area contributed by atoms with Gasteiger partial charge in [0.2, 0.25) is 0 Å². The molecule has 0 aromatic rings. The van der Waals surface area contributed by atoms with Crippen LogP contribution in [0.4, 0.5) is 0 Å². The topological polar surface area (TPSA) is 20.2 Å². The first-order chi connectivity index (χ1) is 14.6. The molecule has 0 saturated heterocycles. The molecule has 0 spiro atoms. The molecular formula is C30H50O. The van der Waals surface area contributed by atoms with Crippen LogP contribution in [0.25, 0.3) is 0 Å². The van der Waals surface area contributed by atoms with Gasteiger partial charge in [-0.1, -0.05) is 69.9 Å². The normalized spacial score (nSPS) is 14.5. The van der Waals surface area contributed by atoms with Crippen molar-refractivity contribution in [3.63, 3.8) is 0 Å². The molecule has 0 heterocycles. The lowest BCUT2D eigenvalue weighted by Crippen LogP contribution is -2.01. The van der Waals surface area contributed by atoms with Crippen molar-refractivity contribution in [2.45, 2.75) is 119 Å². The van der Waals surface area contributed by atoms with Gasteiger partial charge in [0.25, 0.3) is 0 Å². The Labute approximate surface area is 194 Å². The molecule has 0 aromatic heterocycles. The number of aliphatic hydroxyl groups excluding tert-OH is 1. The van der Waals surface area contributed by atoms with Gasteiger partial charge in [-0.15, -0.1) is 0 Å². The molecule has 0 saturated carbocycles. The zero-order chi connectivity index (χ0) is 23.6. The minimum atomic E-state index is -0.376. The van der Waals surface area contributed by atoms with Crippen LogP contribution >= 0.6 is 0 Å². The van der Waals surface area contributed by atoms with Crippen molar-refractivity contribution in [2.24, 2.45) is 0 Å². The van der Waals surface area contributed by atoms with Crippen LogP contribution < -0.4 is 0 Å². The largest absolute Gasteiger partial charge is 0.389 e. The average Bonchev–Trinajstić information content (AvgIpc) is 2.65. The summed E-state index contributed by atoms with van der Waals surface area (Å²) in [5, 5.41) is 10.3. The van der Waals surface area contributed by atoms with E-state index in [0.29, 0.717) is 6.42 Å². The zero-order valence-electron chi connectivity index (χ0n) is 21.9. The van der Waals surface area contributed by atoms with Crippen molar-refractivity contribution in [2.75, 3.05) is 0 Å². The third-order valence-corrected chi connectivity index (χ3v) is 5.43. The number of aliphatic hydroxyl groups is 1. The molecule has 0 radical (unpaired) electrons. The average molecular weight is 427 g/mol. The van der Waals surface area contributed by atoms with Crippen LogP contribution in [0.1, 0.15) is 113 Å². The van der Waals surface area contributed by atoms with Gasteiger partial charge in [0, 0.05) is 0 Å². The highest BCUT2D eigenvalue weighted by Gasteiger charge is 2.00. The van der Waals surface area contributed by atoms with Crippen LogP contribution in [0, 0.1) is 0 Å². The van der Waals surface area contributed by atoms with E-state index in [1.165, 1.54) is 33.4 Å². The smallest absolute Gasteiger partial charge is 0.0757 e. The Morgan fingerprint density at radius 1 is 0.516 bits per heavy atom. The van der Waals surface area contributed by atoms with Crippen LogP contribution in [-0.4, -0.2) is 11.2 Å². The molecule has 0 fully saturated rings. The molecule has 0 aliphatic heterocycles. The molecule has 0 aliphatic carbocycles. The predicted octanol–water partition coefficient (Wildman–Crippen LogP) is 9.58. The fourth-order valence-electron chi connectivity index (χ4n) is 3.38. The van der Waals surface area contributed by atoms with Gasteiger partial charge in [0.1, 0.15) is 0 Å². The van der Waals surface area contributed by atoms with Crippen molar-refractivity contribution in [1.82, 2.24) is 0 Å². The Hall–Kier alpha value is -1.60. The SMILES string of the molecule is CC(C)=CCC/C(C)=C/CC/C(C)=C/CC(O)/C=C(\C)CC/C=C(\C)CCC=C(C)C. The van der Waals surface area contributed by atoms with E-state index < -0.39 is 0 Å². The van der Waals surface area contributed by atoms with E-state index in [9.17, 15) is 5.11 Å². The first-order valence-corrected chi connectivity index (χ1v) is 12.2. The van der Waals surface area contributed by atoms with Crippen LogP contribution in [0.15, 0.2) is 69.9 Å². The highest BCUT2D eigenvalue weighted by Crippen LogP contribution is 2.15. The standard InChI is InChI=1S/C30H50O/c1-24(2)13-9-15-26(5)17-11-19-28(7)21-22-30(31)23-29(8)20-12-18-27(6)16-10-14-25(3)4/h13-14,17-18,21,23,30-31H,9-12,15-16,19-20,22H2,1-8H3/b26-17+,27-18+,28-21+,29-23+. The Morgan fingerprint density at radius 2 is 0.871 bits per heavy atom. The van der Waals surface area contributed by atoms with E-state index in [-0.39, 0.29) is 6.10 Å². The van der Waals surface area contributed by atoms with Gasteiger partial charge in [0.15, 0.2) is 0 Å². The van der Waals surface area contributed by atoms with Gasteiger partial charge in [-0.25, -0.2) is 0 Å². The molecule has 31 heavy (non-hydrogen) atoms. The van der Waals surface area contributed by atoms with Crippen molar-refractivity contribution in [1.29, 1.82) is 0 Å². The molecule has 1 N–H and O–H groups in total. The minimum absolute atomic E-state index is 0.376. The summed E-state index contributed by atoms with van der Waals surface area (Å²) < 4.78 is 0. The summed E-state index contributed by atoms with van der Waals surface area (Å²) >= 11 is 0. The third-order valence-electron chi connectivity index (χ3n) is 5.43. The zero-order valence-corrected chi connectivity index (χ0v) is 21.9. The molecule has 1 unspecified atom stereocenters. The van der Waals surface area contributed by atoms with E-state index in [1.54, 1.807) is 0 Å². The predicted molar refractivity (Wildman–Crippen MR) is 141 cm³/mol. The summed E-state index contributed by atoms with van der Waals surface area (Å²) in [6.45, 7) is 17.4. The van der Waals surface area contributed by atoms with Crippen molar-refractivity contribution >= 4 is 0 Å². The number of hydrogen-bond donors (Lipinski definition) is 1. The number of hydrogen-bond acceptors (Lipinski definition) is 1. The molecule has 1 atom stereocenters. The number of allylic oxidation sites excluding steroid dienone is 10. The Balaban J connectivity index is 4.25. The summed E-state index contributed by atoms with van der Waals surface area (Å²) in [5.74, 6) is 0. The monoisotopic (exact) mass is 426 g/mol. The molecular weight excluding hydrogens is 376 g/mol. The van der Waals surface area contributed by atoms with Gasteiger partial charge < -0.3 is 5.11 Å². The molecule has 0 aliphatic rings. The van der Waals surface area contributed by atoms with Crippen molar-refractivity contribution in [3.05, 3.63) is 69.9 Å². The quantitative estimate of drug-likeness (QED) is 0.258. The first-order valence-electron chi connectivity index (χ1n) is 12.2. The van der Waals surface area contributed by atoms with Crippen molar-refractivity contribution < 1.29 is 5.11 Å². The molecule has 0 rings (SSSR count). The first kappa shape index (κ1) is 29.4. The maximum Gasteiger partial charge on any atom is 0.0757 e. The lowest BCUT2D eigenvalue weighted by molar-refractivity contribution is 0.225. The molecule has 176 valence electrons. The second-order valence-electron chi connectivity index (χ2n) is 9.69.